The van der Waals surface area contributed by atoms with Crippen molar-refractivity contribution in [3.63, 3.8) is 0 Å². The molecule has 12 heteroatoms. The molecule has 4 aromatic rings. The number of carbonyl (C=O) groups is 1. The third-order valence-electron chi connectivity index (χ3n) is 8.95. The van der Waals surface area contributed by atoms with Crippen LogP contribution in [0.4, 0.5) is 22.7 Å². The van der Waals surface area contributed by atoms with E-state index in [0.717, 1.165) is 44.2 Å². The molecule has 0 fully saturated rings. The molecule has 3 heterocycles. The van der Waals surface area contributed by atoms with Gasteiger partial charge in [0.1, 0.15) is 8.07 Å². The normalized spacial score (nSPS) is 17.0. The van der Waals surface area contributed by atoms with E-state index in [9.17, 15) is 30.7 Å². The molecule has 0 aliphatic carbocycles. The van der Waals surface area contributed by atoms with Gasteiger partial charge in [-0.15, -0.1) is 0 Å². The van der Waals surface area contributed by atoms with Crippen LogP contribution >= 0.6 is 0 Å². The summed E-state index contributed by atoms with van der Waals surface area (Å²) in [6.45, 7) is 5.76. The molecule has 3 aliphatic rings. The number of ketones is 1. The van der Waals surface area contributed by atoms with Gasteiger partial charge >= 0.3 is 0 Å². The maximum absolute atomic E-state index is 13.8. The molecule has 0 amide bonds. The van der Waals surface area contributed by atoms with E-state index in [-0.39, 0.29) is 15.6 Å². The van der Waals surface area contributed by atoms with Crippen LogP contribution in [0.25, 0.3) is 0 Å². The second-order valence-corrected chi connectivity index (χ2v) is 18.9. The van der Waals surface area contributed by atoms with Crippen LogP contribution in [0.3, 0.4) is 0 Å². The summed E-state index contributed by atoms with van der Waals surface area (Å²) in [5.74, 6) is -0.0193. The molecule has 7 rings (SSSR count). The predicted molar refractivity (Wildman–Crippen MR) is 167 cm³/mol. The molecule has 0 radical (unpaired) electrons. The van der Waals surface area contributed by atoms with Crippen LogP contribution in [-0.2, 0) is 33.1 Å². The summed E-state index contributed by atoms with van der Waals surface area (Å²) < 4.78 is 65.5. The Bertz CT molecular complexity index is 1960. The topological polar surface area (TPSA) is 132 Å². The van der Waals surface area contributed by atoms with Crippen molar-refractivity contribution in [1.82, 2.24) is 0 Å². The van der Waals surface area contributed by atoms with Gasteiger partial charge in [0.2, 0.25) is 0 Å². The van der Waals surface area contributed by atoms with Gasteiger partial charge in [-0.25, -0.2) is 0 Å². The Morgan fingerprint density at radius 3 is 1.44 bits per heavy atom. The second kappa shape index (κ2) is 9.34. The van der Waals surface area contributed by atoms with E-state index in [1.807, 2.05) is 24.3 Å². The highest BCUT2D eigenvalue weighted by Gasteiger charge is 2.40. The van der Waals surface area contributed by atoms with Gasteiger partial charge in [-0.2, -0.15) is 16.8 Å². The number of nitrogens with zero attached hydrogens (tertiary/aromatic N) is 2. The smallest absolute Gasteiger partial charge is 0.294 e. The SMILES string of the molecule is C[Si]1(C)c2cc(N3CCc4cc(S(=O)(=O)O)ccc43)ccc2C(=O)c2ccc(N3CCc4cc(S(=O)(=O)O)ccc43)cc21. The average Bonchev–Trinajstić information content (AvgIpc) is 3.58. The van der Waals surface area contributed by atoms with Crippen LogP contribution < -0.4 is 20.2 Å². The van der Waals surface area contributed by atoms with Gasteiger partial charge in [-0.3, -0.25) is 13.9 Å². The van der Waals surface area contributed by atoms with Gasteiger partial charge in [-0.1, -0.05) is 13.1 Å². The third-order valence-corrected chi connectivity index (χ3v) is 14.2. The first-order chi connectivity index (χ1) is 20.2. The summed E-state index contributed by atoms with van der Waals surface area (Å²) in [5, 5.41) is 2.06. The minimum absolute atomic E-state index is 0.0193. The molecule has 0 aromatic heterocycles. The standard InChI is InChI=1S/C31H28N2O7S2Si/c1-43(2)29-17-21(32-13-11-19-15-23(41(35,36)37)5-9-27(19)32)3-7-25(29)31(34)26-8-4-22(18-30(26)43)33-14-12-20-16-24(42(38,39)40)6-10-28(20)33/h3-10,15-18H,11-14H2,1-2H3,(H,35,36,37)(H,38,39,40). The number of fused-ring (bicyclic) bond motifs is 4. The molecule has 0 bridgehead atoms. The van der Waals surface area contributed by atoms with E-state index >= 15 is 0 Å². The monoisotopic (exact) mass is 632 g/mol. The summed E-state index contributed by atoms with van der Waals surface area (Å²) in [6, 6.07) is 21.1. The Kier molecular flexibility index (Phi) is 6.08. The number of carbonyl (C=O) groups excluding carboxylic acids is 1. The predicted octanol–water partition coefficient (Wildman–Crippen LogP) is 3.94. The summed E-state index contributed by atoms with van der Waals surface area (Å²) in [4.78, 5) is 17.7. The van der Waals surface area contributed by atoms with Crippen LogP contribution in [0, 0.1) is 0 Å². The molecule has 9 nitrogen and oxygen atoms in total. The lowest BCUT2D eigenvalue weighted by Gasteiger charge is -2.35. The Balaban J connectivity index is 1.26. The van der Waals surface area contributed by atoms with Crippen LogP contribution in [0.15, 0.2) is 82.6 Å². The van der Waals surface area contributed by atoms with E-state index < -0.39 is 28.3 Å². The van der Waals surface area contributed by atoms with E-state index in [1.165, 1.54) is 24.3 Å². The lowest BCUT2D eigenvalue weighted by Crippen LogP contribution is -2.60. The molecule has 43 heavy (non-hydrogen) atoms. The number of rotatable bonds is 4. The first-order valence-electron chi connectivity index (χ1n) is 13.8. The van der Waals surface area contributed by atoms with E-state index in [1.54, 1.807) is 12.1 Å². The van der Waals surface area contributed by atoms with Gasteiger partial charge in [0.15, 0.2) is 5.78 Å². The fraction of sp³-hybridized carbons (Fsp3) is 0.194. The Hall–Kier alpha value is -3.81. The highest BCUT2D eigenvalue weighted by molar-refractivity contribution is 7.86. The molecule has 0 spiro atoms. The van der Waals surface area contributed by atoms with Crippen molar-refractivity contribution >= 4 is 67.2 Å². The van der Waals surface area contributed by atoms with Crippen LogP contribution in [0.5, 0.6) is 0 Å². The number of hydrogen-bond acceptors (Lipinski definition) is 7. The van der Waals surface area contributed by atoms with Crippen molar-refractivity contribution in [1.29, 1.82) is 0 Å². The lowest BCUT2D eigenvalue weighted by atomic mass is 10.0. The number of hydrogen-bond donors (Lipinski definition) is 2. The van der Waals surface area contributed by atoms with Crippen LogP contribution in [-0.4, -0.2) is 52.9 Å². The van der Waals surface area contributed by atoms with Gasteiger partial charge in [0.05, 0.1) is 9.79 Å². The van der Waals surface area contributed by atoms with Crippen LogP contribution in [0.1, 0.15) is 27.0 Å². The second-order valence-electron chi connectivity index (χ2n) is 11.7. The first-order valence-corrected chi connectivity index (χ1v) is 19.7. The van der Waals surface area contributed by atoms with Gasteiger partial charge < -0.3 is 9.80 Å². The molecule has 0 saturated heterocycles. The first kappa shape index (κ1) is 28.0. The van der Waals surface area contributed by atoms with Gasteiger partial charge in [0, 0.05) is 47.0 Å². The van der Waals surface area contributed by atoms with E-state index in [0.29, 0.717) is 37.1 Å². The van der Waals surface area contributed by atoms with Crippen LogP contribution in [0.2, 0.25) is 13.1 Å². The molecular weight excluding hydrogens is 605 g/mol. The fourth-order valence-electron chi connectivity index (χ4n) is 6.73. The fourth-order valence-corrected chi connectivity index (χ4v) is 10.8. The van der Waals surface area contributed by atoms with Crippen molar-refractivity contribution in [2.24, 2.45) is 0 Å². The minimum atomic E-state index is -4.29. The number of benzene rings is 4. The third kappa shape index (κ3) is 4.43. The van der Waals surface area contributed by atoms with Crippen molar-refractivity contribution in [3.8, 4) is 0 Å². The Morgan fingerprint density at radius 1 is 0.628 bits per heavy atom. The van der Waals surface area contributed by atoms with Crippen molar-refractivity contribution in [2.75, 3.05) is 22.9 Å². The van der Waals surface area contributed by atoms with Gasteiger partial charge in [-0.05, 0) is 107 Å². The molecule has 0 saturated carbocycles. The maximum atomic E-state index is 13.8. The van der Waals surface area contributed by atoms with Crippen molar-refractivity contribution in [2.45, 2.75) is 35.7 Å². The summed E-state index contributed by atoms with van der Waals surface area (Å²) in [6.07, 6.45) is 1.26. The van der Waals surface area contributed by atoms with E-state index in [2.05, 4.69) is 35.0 Å². The quantitative estimate of drug-likeness (QED) is 0.254. The van der Waals surface area contributed by atoms with E-state index in [4.69, 9.17) is 0 Å². The largest absolute Gasteiger partial charge is 0.341 e. The average molecular weight is 633 g/mol. The highest BCUT2D eigenvalue weighted by atomic mass is 32.2. The Morgan fingerprint density at radius 2 is 1.05 bits per heavy atom. The summed E-state index contributed by atoms with van der Waals surface area (Å²) in [5.41, 5.74) is 6.68. The summed E-state index contributed by atoms with van der Waals surface area (Å²) in [7, 11) is -11.0. The minimum Gasteiger partial charge on any atom is -0.341 e. The summed E-state index contributed by atoms with van der Waals surface area (Å²) >= 11 is 0. The Labute approximate surface area is 250 Å². The maximum Gasteiger partial charge on any atom is 0.294 e. The molecule has 4 aromatic carbocycles. The molecular formula is C31H28N2O7S2Si. The van der Waals surface area contributed by atoms with Crippen molar-refractivity contribution < 1.29 is 30.7 Å². The highest BCUT2D eigenvalue weighted by Crippen LogP contribution is 2.38. The molecule has 0 atom stereocenters. The zero-order chi connectivity index (χ0) is 30.5. The van der Waals surface area contributed by atoms with Gasteiger partial charge in [0.25, 0.3) is 20.2 Å². The molecule has 0 unspecified atom stereocenters. The molecule has 220 valence electrons. The molecule has 2 N–H and O–H groups in total. The number of anilines is 4. The zero-order valence-electron chi connectivity index (χ0n) is 23.4. The zero-order valence-corrected chi connectivity index (χ0v) is 26.0. The molecule has 3 aliphatic heterocycles. The van der Waals surface area contributed by atoms with Crippen molar-refractivity contribution in [3.05, 3.63) is 95.1 Å². The lowest BCUT2D eigenvalue weighted by molar-refractivity contribution is 0.104.